The van der Waals surface area contributed by atoms with Gasteiger partial charge in [0.2, 0.25) is 0 Å². The Morgan fingerprint density at radius 1 is 1.00 bits per heavy atom. The highest BCUT2D eigenvalue weighted by Gasteiger charge is 2.10. The number of nitrogens with zero attached hydrogens (tertiary/aromatic N) is 1. The molecule has 2 nitrogen and oxygen atoms in total. The maximum absolute atomic E-state index is 10.8. The van der Waals surface area contributed by atoms with Crippen molar-refractivity contribution >= 4 is 17.6 Å². The molecule has 0 unspecified atom stereocenters. The molecule has 3 rings (SSSR count). The molecule has 0 amide bonds. The predicted octanol–water partition coefficient (Wildman–Crippen LogP) is 4.60. The minimum atomic E-state index is 0.657. The minimum Gasteiger partial charge on any atom is -0.297 e. The highest BCUT2D eigenvalue weighted by Crippen LogP contribution is 2.33. The van der Waals surface area contributed by atoms with Crippen molar-refractivity contribution in [3.8, 4) is 21.7 Å². The van der Waals surface area contributed by atoms with Gasteiger partial charge in [0.1, 0.15) is 5.01 Å². The lowest BCUT2D eigenvalue weighted by Crippen LogP contribution is -1.87. The van der Waals surface area contributed by atoms with Crippen LogP contribution in [0.4, 0.5) is 0 Å². The predicted molar refractivity (Wildman–Crippen MR) is 83.1 cm³/mol. The van der Waals surface area contributed by atoms with Crippen molar-refractivity contribution in [3.63, 3.8) is 0 Å². The van der Waals surface area contributed by atoms with Crippen molar-refractivity contribution in [1.29, 1.82) is 0 Å². The van der Waals surface area contributed by atoms with E-state index in [1.54, 1.807) is 6.20 Å². The Morgan fingerprint density at radius 2 is 1.75 bits per heavy atom. The van der Waals surface area contributed by atoms with Crippen LogP contribution in [-0.2, 0) is 0 Å². The molecular weight excluding hydrogens is 266 g/mol. The van der Waals surface area contributed by atoms with Crippen LogP contribution >= 0.6 is 11.3 Å². The number of thiazole rings is 1. The smallest absolute Gasteiger partial charge is 0.161 e. The van der Waals surface area contributed by atoms with Crippen LogP contribution in [0.3, 0.4) is 0 Å². The molecule has 0 bridgehead atoms. The first kappa shape index (κ1) is 12.8. The Balaban J connectivity index is 2.12. The average molecular weight is 279 g/mol. The van der Waals surface area contributed by atoms with Gasteiger partial charge in [-0.1, -0.05) is 48.5 Å². The van der Waals surface area contributed by atoms with Gasteiger partial charge in [0.05, 0.1) is 4.88 Å². The quantitative estimate of drug-likeness (QED) is 0.656. The van der Waals surface area contributed by atoms with E-state index in [1.807, 2.05) is 24.3 Å². The zero-order valence-corrected chi connectivity index (χ0v) is 11.9. The van der Waals surface area contributed by atoms with Crippen LogP contribution in [0.5, 0.6) is 0 Å². The summed E-state index contributed by atoms with van der Waals surface area (Å²) in [6.07, 6.45) is 2.47. The summed E-state index contributed by atoms with van der Waals surface area (Å²) in [5.41, 5.74) is 4.67. The summed E-state index contributed by atoms with van der Waals surface area (Å²) in [6.45, 7) is 2.10. The normalized spacial score (nSPS) is 10.4. The topological polar surface area (TPSA) is 30.0 Å². The van der Waals surface area contributed by atoms with E-state index < -0.39 is 0 Å². The van der Waals surface area contributed by atoms with Crippen molar-refractivity contribution in [2.45, 2.75) is 6.92 Å². The maximum Gasteiger partial charge on any atom is 0.161 e. The molecular formula is C17H13NOS. The third kappa shape index (κ3) is 2.28. The number of rotatable bonds is 3. The van der Waals surface area contributed by atoms with Crippen LogP contribution in [0.25, 0.3) is 21.7 Å². The van der Waals surface area contributed by atoms with Crippen LogP contribution < -0.4 is 0 Å². The lowest BCUT2D eigenvalue weighted by molar-refractivity contribution is 0.112. The number of aromatic nitrogens is 1. The Bertz CT molecular complexity index is 747. The van der Waals surface area contributed by atoms with Gasteiger partial charge in [0.25, 0.3) is 0 Å². The van der Waals surface area contributed by atoms with E-state index in [2.05, 4.69) is 36.2 Å². The Morgan fingerprint density at radius 3 is 2.45 bits per heavy atom. The first-order valence-corrected chi connectivity index (χ1v) is 7.17. The lowest BCUT2D eigenvalue weighted by Gasteiger charge is -2.09. The Hall–Kier alpha value is -2.26. The summed E-state index contributed by atoms with van der Waals surface area (Å²) in [5.74, 6) is 0. The molecule has 0 fully saturated rings. The monoisotopic (exact) mass is 279 g/mol. The summed E-state index contributed by atoms with van der Waals surface area (Å²) in [7, 11) is 0. The van der Waals surface area contributed by atoms with Crippen LogP contribution in [0.2, 0.25) is 0 Å². The number of carbonyl (C=O) groups excluding carboxylic acids is 1. The fraction of sp³-hybridized carbons (Fsp3) is 0.0588. The van der Waals surface area contributed by atoms with E-state index in [0.29, 0.717) is 4.88 Å². The lowest BCUT2D eigenvalue weighted by atomic mass is 9.97. The van der Waals surface area contributed by atoms with Crippen molar-refractivity contribution in [2.75, 3.05) is 0 Å². The van der Waals surface area contributed by atoms with Gasteiger partial charge >= 0.3 is 0 Å². The number of hydrogen-bond donors (Lipinski definition) is 0. The van der Waals surface area contributed by atoms with Gasteiger partial charge in [0, 0.05) is 11.8 Å². The highest BCUT2D eigenvalue weighted by molar-refractivity contribution is 7.16. The number of benzene rings is 2. The Labute approximate surface area is 121 Å². The fourth-order valence-corrected chi connectivity index (χ4v) is 3.08. The average Bonchev–Trinajstić information content (AvgIpc) is 2.97. The molecule has 0 aliphatic rings. The summed E-state index contributed by atoms with van der Waals surface area (Å²) in [4.78, 5) is 15.8. The first-order valence-electron chi connectivity index (χ1n) is 6.36. The zero-order valence-electron chi connectivity index (χ0n) is 11.0. The largest absolute Gasteiger partial charge is 0.297 e. The van der Waals surface area contributed by atoms with E-state index in [-0.39, 0.29) is 0 Å². The molecule has 0 saturated heterocycles. The van der Waals surface area contributed by atoms with Crippen LogP contribution in [0.1, 0.15) is 15.2 Å². The van der Waals surface area contributed by atoms with Gasteiger partial charge in [0.15, 0.2) is 6.29 Å². The second kappa shape index (κ2) is 5.39. The van der Waals surface area contributed by atoms with Crippen molar-refractivity contribution < 1.29 is 4.79 Å². The number of carbonyl (C=O) groups is 1. The molecule has 3 aromatic rings. The second-order valence-electron chi connectivity index (χ2n) is 4.53. The van der Waals surface area contributed by atoms with Crippen molar-refractivity contribution in [2.24, 2.45) is 0 Å². The van der Waals surface area contributed by atoms with E-state index >= 15 is 0 Å². The van der Waals surface area contributed by atoms with Gasteiger partial charge in [-0.05, 0) is 23.6 Å². The van der Waals surface area contributed by atoms with Gasteiger partial charge < -0.3 is 0 Å². The first-order chi connectivity index (χ1) is 9.79. The van der Waals surface area contributed by atoms with E-state index in [9.17, 15) is 4.79 Å². The highest BCUT2D eigenvalue weighted by atomic mass is 32.1. The maximum atomic E-state index is 10.8. The van der Waals surface area contributed by atoms with Crippen molar-refractivity contribution in [1.82, 2.24) is 4.98 Å². The molecule has 0 saturated carbocycles. The van der Waals surface area contributed by atoms with Crippen LogP contribution in [0, 0.1) is 6.92 Å². The molecule has 1 aromatic heterocycles. The van der Waals surface area contributed by atoms with E-state index in [1.165, 1.54) is 28.0 Å². The molecule has 0 spiro atoms. The molecule has 0 aliphatic carbocycles. The van der Waals surface area contributed by atoms with E-state index in [0.717, 1.165) is 16.9 Å². The summed E-state index contributed by atoms with van der Waals surface area (Å²) in [6, 6.07) is 16.5. The zero-order chi connectivity index (χ0) is 13.9. The summed E-state index contributed by atoms with van der Waals surface area (Å²) in [5, 5.41) is 0.891. The third-order valence-corrected chi connectivity index (χ3v) is 4.24. The van der Waals surface area contributed by atoms with Gasteiger partial charge in [-0.2, -0.15) is 0 Å². The van der Waals surface area contributed by atoms with Crippen LogP contribution in [0.15, 0.2) is 54.7 Å². The number of aldehydes is 1. The molecule has 1 heterocycles. The molecule has 3 heteroatoms. The van der Waals surface area contributed by atoms with E-state index in [4.69, 9.17) is 0 Å². The van der Waals surface area contributed by atoms with Gasteiger partial charge in [-0.3, -0.25) is 4.79 Å². The molecule has 0 atom stereocenters. The van der Waals surface area contributed by atoms with Gasteiger partial charge in [-0.15, -0.1) is 11.3 Å². The Kier molecular flexibility index (Phi) is 3.44. The third-order valence-electron chi connectivity index (χ3n) is 3.29. The fourth-order valence-electron chi connectivity index (χ4n) is 2.26. The minimum absolute atomic E-state index is 0.657. The molecule has 0 radical (unpaired) electrons. The standard InChI is InChI=1S/C17H13NOS/c1-12-15(13-6-3-2-4-7-13)8-5-9-16(12)17-18-10-14(11-19)20-17/h2-11H,1H3. The molecule has 20 heavy (non-hydrogen) atoms. The SMILES string of the molecule is Cc1c(-c2ccccc2)cccc1-c1ncc(C=O)s1. The summed E-state index contributed by atoms with van der Waals surface area (Å²) < 4.78 is 0. The molecule has 2 aromatic carbocycles. The molecule has 0 N–H and O–H groups in total. The summed E-state index contributed by atoms with van der Waals surface area (Å²) >= 11 is 1.42. The van der Waals surface area contributed by atoms with Gasteiger partial charge in [-0.25, -0.2) is 4.98 Å². The molecule has 98 valence electrons. The number of hydrogen-bond acceptors (Lipinski definition) is 3. The van der Waals surface area contributed by atoms with Crippen LogP contribution in [-0.4, -0.2) is 11.3 Å². The van der Waals surface area contributed by atoms with Crippen molar-refractivity contribution in [3.05, 3.63) is 65.2 Å². The molecule has 0 aliphatic heterocycles. The second-order valence-corrected chi connectivity index (χ2v) is 5.59.